The number of likely N-dealkylation sites (tertiary alicyclic amines) is 1. The van der Waals surface area contributed by atoms with E-state index in [9.17, 15) is 9.59 Å². The van der Waals surface area contributed by atoms with E-state index < -0.39 is 6.04 Å². The molecule has 1 N–H and O–H groups in total. The van der Waals surface area contributed by atoms with E-state index in [0.717, 1.165) is 25.9 Å². The number of rotatable bonds is 4. The van der Waals surface area contributed by atoms with Crippen molar-refractivity contribution in [2.45, 2.75) is 32.7 Å². The molecular weight excluding hydrogens is 244 g/mol. The summed E-state index contributed by atoms with van der Waals surface area (Å²) in [4.78, 5) is 26.2. The molecule has 0 radical (unpaired) electrons. The third kappa shape index (κ3) is 3.16. The van der Waals surface area contributed by atoms with E-state index in [4.69, 9.17) is 4.42 Å². The smallest absolute Gasteiger partial charge is 0.287 e. The van der Waals surface area contributed by atoms with Crippen molar-refractivity contribution < 1.29 is 14.0 Å². The predicted molar refractivity (Wildman–Crippen MR) is 70.6 cm³/mol. The van der Waals surface area contributed by atoms with Gasteiger partial charge in [-0.05, 0) is 30.9 Å². The van der Waals surface area contributed by atoms with Gasteiger partial charge in [0.2, 0.25) is 5.91 Å². The summed E-state index contributed by atoms with van der Waals surface area (Å²) in [6.07, 6.45) is 3.53. The minimum absolute atomic E-state index is 0.00686. The maximum absolute atomic E-state index is 12.4. The second-order valence-corrected chi connectivity index (χ2v) is 5.20. The van der Waals surface area contributed by atoms with Crippen molar-refractivity contribution in [3.05, 3.63) is 24.2 Å². The van der Waals surface area contributed by atoms with Gasteiger partial charge in [-0.3, -0.25) is 9.59 Å². The number of carbonyl (C=O) groups excluding carboxylic acids is 2. The molecule has 1 aromatic heterocycles. The minimum Gasteiger partial charge on any atom is -0.459 e. The summed E-state index contributed by atoms with van der Waals surface area (Å²) in [6.45, 7) is 5.44. The van der Waals surface area contributed by atoms with Gasteiger partial charge >= 0.3 is 0 Å². The van der Waals surface area contributed by atoms with Gasteiger partial charge in [-0.25, -0.2) is 0 Å². The Balaban J connectivity index is 2.03. The molecule has 2 amide bonds. The molecule has 0 saturated carbocycles. The van der Waals surface area contributed by atoms with Gasteiger partial charge in [-0.1, -0.05) is 13.8 Å². The normalized spacial score (nSPS) is 16.7. The zero-order valence-corrected chi connectivity index (χ0v) is 11.4. The highest BCUT2D eigenvalue weighted by Crippen LogP contribution is 2.13. The van der Waals surface area contributed by atoms with Crippen molar-refractivity contribution in [2.24, 2.45) is 5.92 Å². The minimum atomic E-state index is -0.490. The molecular formula is C14H20N2O3. The molecule has 1 atom stereocenters. The Morgan fingerprint density at radius 3 is 2.53 bits per heavy atom. The molecule has 1 saturated heterocycles. The van der Waals surface area contributed by atoms with Crippen LogP contribution in [0.5, 0.6) is 0 Å². The van der Waals surface area contributed by atoms with Gasteiger partial charge in [0.05, 0.1) is 6.26 Å². The van der Waals surface area contributed by atoms with Crippen LogP contribution >= 0.6 is 0 Å². The first kappa shape index (κ1) is 13.6. The lowest BCUT2D eigenvalue weighted by molar-refractivity contribution is -0.133. The van der Waals surface area contributed by atoms with Gasteiger partial charge in [-0.15, -0.1) is 0 Å². The second kappa shape index (κ2) is 5.91. The fraction of sp³-hybridized carbons (Fsp3) is 0.571. The number of carbonyl (C=O) groups is 2. The van der Waals surface area contributed by atoms with Crippen LogP contribution in [0.1, 0.15) is 37.2 Å². The molecule has 1 unspecified atom stereocenters. The van der Waals surface area contributed by atoms with E-state index in [1.807, 2.05) is 18.7 Å². The monoisotopic (exact) mass is 264 g/mol. The number of hydrogen-bond acceptors (Lipinski definition) is 3. The Bertz CT molecular complexity index is 434. The van der Waals surface area contributed by atoms with Crippen molar-refractivity contribution in [3.63, 3.8) is 0 Å². The number of nitrogens with zero attached hydrogens (tertiary/aromatic N) is 1. The van der Waals surface area contributed by atoms with Crippen molar-refractivity contribution in [3.8, 4) is 0 Å². The molecule has 0 aliphatic carbocycles. The SMILES string of the molecule is CC(C)C(NC(=O)c1ccco1)C(=O)N1CCCC1. The molecule has 1 aliphatic heterocycles. The molecule has 1 aromatic rings. The molecule has 104 valence electrons. The fourth-order valence-corrected chi connectivity index (χ4v) is 2.27. The Morgan fingerprint density at radius 2 is 2.00 bits per heavy atom. The first-order valence-corrected chi connectivity index (χ1v) is 6.72. The number of hydrogen-bond donors (Lipinski definition) is 1. The van der Waals surface area contributed by atoms with E-state index in [2.05, 4.69) is 5.32 Å². The lowest BCUT2D eigenvalue weighted by atomic mass is 10.0. The molecule has 1 aliphatic rings. The molecule has 2 heterocycles. The van der Waals surface area contributed by atoms with Crippen molar-refractivity contribution in [1.29, 1.82) is 0 Å². The van der Waals surface area contributed by atoms with E-state index in [1.165, 1.54) is 6.26 Å². The third-order valence-corrected chi connectivity index (χ3v) is 3.38. The van der Waals surface area contributed by atoms with Crippen molar-refractivity contribution in [2.75, 3.05) is 13.1 Å². The van der Waals surface area contributed by atoms with Gasteiger partial charge in [0, 0.05) is 13.1 Å². The van der Waals surface area contributed by atoms with E-state index >= 15 is 0 Å². The molecule has 1 fully saturated rings. The quantitative estimate of drug-likeness (QED) is 0.899. The Labute approximate surface area is 113 Å². The topological polar surface area (TPSA) is 62.6 Å². The number of furan rings is 1. The van der Waals surface area contributed by atoms with Crippen LogP contribution in [0.15, 0.2) is 22.8 Å². The summed E-state index contributed by atoms with van der Waals surface area (Å²) < 4.78 is 5.04. The summed E-state index contributed by atoms with van der Waals surface area (Å²) in [6, 6.07) is 2.75. The highest BCUT2D eigenvalue weighted by atomic mass is 16.3. The Kier molecular flexibility index (Phi) is 4.24. The Hall–Kier alpha value is -1.78. The van der Waals surface area contributed by atoms with Gasteiger partial charge in [-0.2, -0.15) is 0 Å². The van der Waals surface area contributed by atoms with Crippen LogP contribution in [-0.4, -0.2) is 35.8 Å². The summed E-state index contributed by atoms with van der Waals surface area (Å²) in [7, 11) is 0. The predicted octanol–water partition coefficient (Wildman–Crippen LogP) is 1.66. The van der Waals surface area contributed by atoms with Crippen LogP contribution in [0.25, 0.3) is 0 Å². The van der Waals surface area contributed by atoms with Crippen LogP contribution in [0.2, 0.25) is 0 Å². The van der Waals surface area contributed by atoms with Crippen LogP contribution in [0.4, 0.5) is 0 Å². The van der Waals surface area contributed by atoms with E-state index in [1.54, 1.807) is 12.1 Å². The van der Waals surface area contributed by atoms with Crippen molar-refractivity contribution >= 4 is 11.8 Å². The summed E-state index contributed by atoms with van der Waals surface area (Å²) in [5.41, 5.74) is 0. The molecule has 5 nitrogen and oxygen atoms in total. The fourth-order valence-electron chi connectivity index (χ4n) is 2.27. The van der Waals surface area contributed by atoms with E-state index in [-0.39, 0.29) is 23.5 Å². The second-order valence-electron chi connectivity index (χ2n) is 5.20. The summed E-state index contributed by atoms with van der Waals surface area (Å²) >= 11 is 0. The van der Waals surface area contributed by atoms with Gasteiger partial charge in [0.1, 0.15) is 6.04 Å². The van der Waals surface area contributed by atoms with Gasteiger partial charge < -0.3 is 14.6 Å². The lowest BCUT2D eigenvalue weighted by Crippen LogP contribution is -2.50. The molecule has 2 rings (SSSR count). The summed E-state index contributed by atoms with van der Waals surface area (Å²) in [5.74, 6) is -0.0458. The lowest BCUT2D eigenvalue weighted by Gasteiger charge is -2.26. The van der Waals surface area contributed by atoms with Crippen LogP contribution in [0, 0.1) is 5.92 Å². The van der Waals surface area contributed by atoms with Gasteiger partial charge in [0.25, 0.3) is 5.91 Å². The highest BCUT2D eigenvalue weighted by molar-refractivity contribution is 5.95. The zero-order chi connectivity index (χ0) is 13.8. The van der Waals surface area contributed by atoms with Crippen molar-refractivity contribution in [1.82, 2.24) is 10.2 Å². The summed E-state index contributed by atoms with van der Waals surface area (Å²) in [5, 5.41) is 2.77. The number of amides is 2. The molecule has 19 heavy (non-hydrogen) atoms. The van der Waals surface area contributed by atoms with E-state index in [0.29, 0.717) is 0 Å². The molecule has 0 spiro atoms. The third-order valence-electron chi connectivity index (χ3n) is 3.38. The molecule has 0 aromatic carbocycles. The average Bonchev–Trinajstić information content (AvgIpc) is 3.05. The average molecular weight is 264 g/mol. The Morgan fingerprint density at radius 1 is 1.32 bits per heavy atom. The first-order valence-electron chi connectivity index (χ1n) is 6.72. The first-order chi connectivity index (χ1) is 9.09. The zero-order valence-electron chi connectivity index (χ0n) is 11.4. The van der Waals surface area contributed by atoms with Crippen LogP contribution < -0.4 is 5.32 Å². The highest BCUT2D eigenvalue weighted by Gasteiger charge is 2.30. The number of nitrogens with one attached hydrogen (secondary N) is 1. The maximum Gasteiger partial charge on any atom is 0.287 e. The van der Waals surface area contributed by atoms with Crippen LogP contribution in [0.3, 0.4) is 0 Å². The van der Waals surface area contributed by atoms with Crippen LogP contribution in [-0.2, 0) is 4.79 Å². The largest absolute Gasteiger partial charge is 0.459 e. The maximum atomic E-state index is 12.4. The van der Waals surface area contributed by atoms with Gasteiger partial charge in [0.15, 0.2) is 5.76 Å². The molecule has 5 heteroatoms. The standard InChI is InChI=1S/C14H20N2O3/c1-10(2)12(14(18)16-7-3-4-8-16)15-13(17)11-6-5-9-19-11/h5-6,9-10,12H,3-4,7-8H2,1-2H3,(H,15,17). The molecule has 0 bridgehead atoms.